The van der Waals surface area contributed by atoms with Crippen LogP contribution in [0.2, 0.25) is 0 Å². The number of carboxylic acids is 1. The molecule has 4 nitrogen and oxygen atoms in total. The fraction of sp³-hybridized carbons (Fsp3) is 0.667. The van der Waals surface area contributed by atoms with E-state index in [-0.39, 0.29) is 16.9 Å². The summed E-state index contributed by atoms with van der Waals surface area (Å²) in [6, 6.07) is 0. The molecule has 0 radical (unpaired) electrons. The third kappa shape index (κ3) is 8.03. The fourth-order valence-electron chi connectivity index (χ4n) is 1.89. The van der Waals surface area contributed by atoms with Crippen LogP contribution in [-0.4, -0.2) is 22.5 Å². The van der Waals surface area contributed by atoms with Crippen LogP contribution in [0.25, 0.3) is 0 Å². The lowest BCUT2D eigenvalue weighted by atomic mass is 9.82. The van der Waals surface area contributed by atoms with Crippen LogP contribution >= 0.6 is 0 Å². The molecule has 1 amide bonds. The predicted octanol–water partition coefficient (Wildman–Crippen LogP) is 1.96. The Morgan fingerprint density at radius 2 is 1.62 bits per heavy atom. The van der Waals surface area contributed by atoms with Gasteiger partial charge in [-0.25, -0.2) is 4.79 Å². The van der Waals surface area contributed by atoms with E-state index in [1.807, 2.05) is 13.8 Å². The average Bonchev–Trinajstić information content (AvgIpc) is 1.94. The Kier molecular flexibility index (Phi) is 4.72. The largest absolute Gasteiger partial charge is 0.478 e. The maximum atomic E-state index is 11.4. The molecule has 0 saturated carbocycles. The Balaban J connectivity index is 4.37. The maximum Gasteiger partial charge on any atom is 0.328 e. The second-order valence-electron chi connectivity index (χ2n) is 5.78. The summed E-state index contributed by atoms with van der Waals surface area (Å²) >= 11 is 0. The van der Waals surface area contributed by atoms with Gasteiger partial charge in [0.1, 0.15) is 0 Å². The van der Waals surface area contributed by atoms with Crippen LogP contribution in [0.1, 0.15) is 41.0 Å². The van der Waals surface area contributed by atoms with E-state index in [1.165, 1.54) is 0 Å². The summed E-state index contributed by atoms with van der Waals surface area (Å²) in [4.78, 5) is 21.6. The van der Waals surface area contributed by atoms with Crippen molar-refractivity contribution in [1.29, 1.82) is 0 Å². The summed E-state index contributed by atoms with van der Waals surface area (Å²) in [5.74, 6) is -1.50. The lowest BCUT2D eigenvalue weighted by molar-refractivity contribution is -0.131. The summed E-state index contributed by atoms with van der Waals surface area (Å²) in [5.41, 5.74) is -0.245. The molecule has 0 atom stereocenters. The summed E-state index contributed by atoms with van der Waals surface area (Å²) in [6.45, 7) is 10.1. The Labute approximate surface area is 96.7 Å². The van der Waals surface area contributed by atoms with E-state index in [2.05, 4.69) is 26.1 Å². The first-order chi connectivity index (χ1) is 7.02. The quantitative estimate of drug-likeness (QED) is 0.721. The van der Waals surface area contributed by atoms with Gasteiger partial charge in [-0.3, -0.25) is 4.79 Å². The van der Waals surface area contributed by atoms with E-state index in [1.54, 1.807) is 0 Å². The van der Waals surface area contributed by atoms with Crippen molar-refractivity contribution >= 4 is 11.9 Å². The topological polar surface area (TPSA) is 66.4 Å². The van der Waals surface area contributed by atoms with Crippen molar-refractivity contribution in [3.8, 4) is 0 Å². The highest BCUT2D eigenvalue weighted by Gasteiger charge is 2.26. The Hall–Kier alpha value is -1.32. The zero-order valence-corrected chi connectivity index (χ0v) is 10.6. The molecule has 0 aromatic rings. The van der Waals surface area contributed by atoms with Crippen LogP contribution in [0.4, 0.5) is 0 Å². The van der Waals surface area contributed by atoms with Gasteiger partial charge in [-0.1, -0.05) is 20.8 Å². The number of amides is 1. The molecule has 0 spiro atoms. The van der Waals surface area contributed by atoms with Gasteiger partial charge in [0, 0.05) is 17.7 Å². The second-order valence-corrected chi connectivity index (χ2v) is 5.78. The predicted molar refractivity (Wildman–Crippen MR) is 63.1 cm³/mol. The number of carbonyl (C=O) groups is 2. The lowest BCUT2D eigenvalue weighted by Crippen LogP contribution is -2.45. The molecule has 92 valence electrons. The summed E-state index contributed by atoms with van der Waals surface area (Å²) in [6.07, 6.45) is 2.68. The number of carboxylic acid groups (broad SMARTS) is 1. The number of hydrogen-bond acceptors (Lipinski definition) is 2. The van der Waals surface area contributed by atoms with Crippen LogP contribution in [0, 0.1) is 5.41 Å². The standard InChI is InChI=1S/C12H21NO3/c1-11(2,3)8-12(4,5)13-9(14)6-7-10(15)16/h6-7H,8H2,1-5H3,(H,13,14)(H,15,16)/b7-6-. The van der Waals surface area contributed by atoms with E-state index in [0.717, 1.165) is 18.6 Å². The number of hydrogen-bond donors (Lipinski definition) is 2. The van der Waals surface area contributed by atoms with E-state index in [4.69, 9.17) is 5.11 Å². The fourth-order valence-corrected chi connectivity index (χ4v) is 1.89. The van der Waals surface area contributed by atoms with Gasteiger partial charge in [0.2, 0.25) is 5.91 Å². The van der Waals surface area contributed by atoms with Gasteiger partial charge in [-0.05, 0) is 25.7 Å². The highest BCUT2D eigenvalue weighted by atomic mass is 16.4. The van der Waals surface area contributed by atoms with Crippen molar-refractivity contribution < 1.29 is 14.7 Å². The average molecular weight is 227 g/mol. The molecule has 0 fully saturated rings. The van der Waals surface area contributed by atoms with Crippen molar-refractivity contribution in [2.75, 3.05) is 0 Å². The van der Waals surface area contributed by atoms with E-state index in [0.29, 0.717) is 0 Å². The molecule has 0 rings (SSSR count). The molecule has 0 aromatic heterocycles. The Morgan fingerprint density at radius 3 is 2.00 bits per heavy atom. The van der Waals surface area contributed by atoms with Gasteiger partial charge < -0.3 is 10.4 Å². The summed E-state index contributed by atoms with van der Waals surface area (Å²) in [5, 5.41) is 11.2. The minimum atomic E-state index is -1.12. The van der Waals surface area contributed by atoms with Gasteiger partial charge in [-0.2, -0.15) is 0 Å². The van der Waals surface area contributed by atoms with Crippen LogP contribution in [0.15, 0.2) is 12.2 Å². The van der Waals surface area contributed by atoms with Crippen LogP contribution in [0.3, 0.4) is 0 Å². The lowest BCUT2D eigenvalue weighted by Gasteiger charge is -2.32. The molecular formula is C12H21NO3. The molecule has 0 aromatic carbocycles. The zero-order chi connectivity index (χ0) is 13.0. The van der Waals surface area contributed by atoms with Crippen molar-refractivity contribution in [1.82, 2.24) is 5.32 Å². The normalized spacial score (nSPS) is 12.8. The third-order valence-corrected chi connectivity index (χ3v) is 1.81. The minimum absolute atomic E-state index is 0.104. The highest BCUT2D eigenvalue weighted by molar-refractivity contribution is 5.94. The molecule has 0 unspecified atom stereocenters. The molecule has 2 N–H and O–H groups in total. The smallest absolute Gasteiger partial charge is 0.328 e. The minimum Gasteiger partial charge on any atom is -0.478 e. The molecule has 4 heteroatoms. The highest BCUT2D eigenvalue weighted by Crippen LogP contribution is 2.26. The molecule has 0 heterocycles. The molecular weight excluding hydrogens is 206 g/mol. The number of nitrogens with one attached hydrogen (secondary N) is 1. The first kappa shape index (κ1) is 14.7. The zero-order valence-electron chi connectivity index (χ0n) is 10.6. The number of aliphatic carboxylic acids is 1. The van der Waals surface area contributed by atoms with Crippen molar-refractivity contribution in [2.24, 2.45) is 5.41 Å². The monoisotopic (exact) mass is 227 g/mol. The Bertz CT molecular complexity index is 298. The van der Waals surface area contributed by atoms with Crippen LogP contribution in [-0.2, 0) is 9.59 Å². The molecule has 0 aliphatic heterocycles. The number of carbonyl (C=O) groups excluding carboxylic acids is 1. The van der Waals surface area contributed by atoms with Crippen LogP contribution < -0.4 is 5.32 Å². The van der Waals surface area contributed by atoms with Gasteiger partial charge in [0.05, 0.1) is 0 Å². The molecule has 0 saturated heterocycles. The second kappa shape index (κ2) is 5.14. The van der Waals surface area contributed by atoms with Crippen LogP contribution in [0.5, 0.6) is 0 Å². The van der Waals surface area contributed by atoms with E-state index >= 15 is 0 Å². The van der Waals surface area contributed by atoms with Crippen molar-refractivity contribution in [3.63, 3.8) is 0 Å². The first-order valence-corrected chi connectivity index (χ1v) is 5.25. The van der Waals surface area contributed by atoms with Gasteiger partial charge in [-0.15, -0.1) is 0 Å². The van der Waals surface area contributed by atoms with E-state index in [9.17, 15) is 9.59 Å². The molecule has 0 bridgehead atoms. The number of rotatable bonds is 4. The maximum absolute atomic E-state index is 11.4. The molecule has 0 aliphatic carbocycles. The van der Waals surface area contributed by atoms with E-state index < -0.39 is 5.97 Å². The third-order valence-electron chi connectivity index (χ3n) is 1.81. The molecule has 0 aliphatic rings. The SMILES string of the molecule is CC(C)(C)CC(C)(C)NC(=O)/C=C\C(=O)O. The van der Waals surface area contributed by atoms with Gasteiger partial charge in [0.25, 0.3) is 0 Å². The first-order valence-electron chi connectivity index (χ1n) is 5.25. The Morgan fingerprint density at radius 1 is 1.12 bits per heavy atom. The summed E-state index contributed by atoms with van der Waals surface area (Å²) < 4.78 is 0. The molecule has 16 heavy (non-hydrogen) atoms. The summed E-state index contributed by atoms with van der Waals surface area (Å²) in [7, 11) is 0. The van der Waals surface area contributed by atoms with Gasteiger partial charge >= 0.3 is 5.97 Å². The van der Waals surface area contributed by atoms with Gasteiger partial charge in [0.15, 0.2) is 0 Å². The van der Waals surface area contributed by atoms with Crippen molar-refractivity contribution in [3.05, 3.63) is 12.2 Å². The van der Waals surface area contributed by atoms with Crippen molar-refractivity contribution in [2.45, 2.75) is 46.6 Å².